The standard InChI is InChI=1S/C26H32N2O5S/c1-2-33-26(30)21-15-17-27(18-16-21)25(29)22-13-14-24(20-9-5-3-6-10-20)28(19-22)34(31,32)23-11-7-4-8-12-23/h3-12,21-22,24H,2,13-19H2,1H3. The molecule has 2 fully saturated rings. The van der Waals surface area contributed by atoms with Gasteiger partial charge in [-0.15, -0.1) is 0 Å². The Hall–Kier alpha value is -2.71. The van der Waals surface area contributed by atoms with Crippen molar-refractivity contribution >= 4 is 21.9 Å². The third-order valence-electron chi connectivity index (χ3n) is 6.85. The molecule has 0 aromatic heterocycles. The van der Waals surface area contributed by atoms with Crippen LogP contribution in [0.4, 0.5) is 0 Å². The number of carbonyl (C=O) groups excluding carboxylic acids is 2. The second kappa shape index (κ2) is 10.7. The van der Waals surface area contributed by atoms with E-state index in [2.05, 4.69) is 0 Å². The van der Waals surface area contributed by atoms with Crippen molar-refractivity contribution in [2.75, 3.05) is 26.2 Å². The molecule has 0 spiro atoms. The molecule has 34 heavy (non-hydrogen) atoms. The second-order valence-electron chi connectivity index (χ2n) is 8.94. The number of carbonyl (C=O) groups is 2. The highest BCUT2D eigenvalue weighted by atomic mass is 32.2. The number of esters is 1. The fraction of sp³-hybridized carbons (Fsp3) is 0.462. The normalized spacial score (nSPS) is 22.3. The number of hydrogen-bond acceptors (Lipinski definition) is 5. The van der Waals surface area contributed by atoms with Crippen LogP contribution in [-0.2, 0) is 24.3 Å². The molecule has 2 aliphatic heterocycles. The molecule has 7 nitrogen and oxygen atoms in total. The van der Waals surface area contributed by atoms with Gasteiger partial charge in [0.25, 0.3) is 0 Å². The van der Waals surface area contributed by atoms with E-state index in [-0.39, 0.29) is 35.3 Å². The quantitative estimate of drug-likeness (QED) is 0.585. The van der Waals surface area contributed by atoms with Crippen molar-refractivity contribution < 1.29 is 22.7 Å². The largest absolute Gasteiger partial charge is 0.466 e. The monoisotopic (exact) mass is 484 g/mol. The zero-order valence-corrected chi connectivity index (χ0v) is 20.3. The first-order chi connectivity index (χ1) is 16.4. The first kappa shape index (κ1) is 24.4. The molecule has 8 heteroatoms. The van der Waals surface area contributed by atoms with Crippen molar-refractivity contribution in [1.82, 2.24) is 9.21 Å². The van der Waals surface area contributed by atoms with Crippen LogP contribution < -0.4 is 0 Å². The van der Waals surface area contributed by atoms with Crippen molar-refractivity contribution in [3.63, 3.8) is 0 Å². The van der Waals surface area contributed by atoms with E-state index in [1.54, 1.807) is 42.2 Å². The lowest BCUT2D eigenvalue weighted by Crippen LogP contribution is -2.49. The molecule has 1 amide bonds. The van der Waals surface area contributed by atoms with Gasteiger partial charge in [-0.1, -0.05) is 48.5 Å². The predicted octanol–water partition coefficient (Wildman–Crippen LogP) is 3.63. The van der Waals surface area contributed by atoms with Crippen LogP contribution in [-0.4, -0.2) is 55.7 Å². The topological polar surface area (TPSA) is 84.0 Å². The summed E-state index contributed by atoms with van der Waals surface area (Å²) in [6, 6.07) is 17.7. The number of rotatable bonds is 6. The zero-order valence-electron chi connectivity index (χ0n) is 19.5. The smallest absolute Gasteiger partial charge is 0.309 e. The minimum absolute atomic E-state index is 0.0258. The second-order valence-corrected chi connectivity index (χ2v) is 10.8. The number of likely N-dealkylation sites (tertiary alicyclic amines) is 1. The molecule has 2 atom stereocenters. The van der Waals surface area contributed by atoms with Crippen LogP contribution in [0.2, 0.25) is 0 Å². The molecule has 2 heterocycles. The Morgan fingerprint density at radius 1 is 0.882 bits per heavy atom. The maximum atomic E-state index is 13.6. The number of piperidine rings is 2. The first-order valence-corrected chi connectivity index (χ1v) is 13.4. The van der Waals surface area contributed by atoms with E-state index < -0.39 is 15.9 Å². The average molecular weight is 485 g/mol. The molecule has 2 aliphatic rings. The van der Waals surface area contributed by atoms with Gasteiger partial charge in [0.05, 0.1) is 29.4 Å². The van der Waals surface area contributed by atoms with Gasteiger partial charge in [-0.2, -0.15) is 4.31 Å². The van der Waals surface area contributed by atoms with E-state index in [4.69, 9.17) is 4.74 Å². The number of sulfonamides is 1. The van der Waals surface area contributed by atoms with E-state index in [1.165, 1.54) is 4.31 Å². The molecular formula is C26H32N2O5S. The number of ether oxygens (including phenoxy) is 1. The summed E-state index contributed by atoms with van der Waals surface area (Å²) in [7, 11) is -3.78. The van der Waals surface area contributed by atoms with E-state index in [9.17, 15) is 18.0 Å². The summed E-state index contributed by atoms with van der Waals surface area (Å²) in [6.45, 7) is 3.28. The van der Waals surface area contributed by atoms with Crippen LogP contribution in [0.3, 0.4) is 0 Å². The molecule has 0 bridgehead atoms. The summed E-state index contributed by atoms with van der Waals surface area (Å²) < 4.78 is 33.9. The van der Waals surface area contributed by atoms with Gasteiger partial charge in [-0.05, 0) is 50.3 Å². The van der Waals surface area contributed by atoms with Gasteiger partial charge >= 0.3 is 5.97 Å². The van der Waals surface area contributed by atoms with Crippen molar-refractivity contribution in [3.8, 4) is 0 Å². The molecule has 2 unspecified atom stereocenters. The Labute approximate surface area is 201 Å². The molecule has 2 aromatic carbocycles. The van der Waals surface area contributed by atoms with Crippen LogP contribution in [0.1, 0.15) is 44.2 Å². The summed E-state index contributed by atoms with van der Waals surface area (Å²) >= 11 is 0. The fourth-order valence-corrected chi connectivity index (χ4v) is 6.71. The lowest BCUT2D eigenvalue weighted by molar-refractivity contribution is -0.152. The van der Waals surface area contributed by atoms with Crippen LogP contribution >= 0.6 is 0 Å². The number of nitrogens with zero attached hydrogens (tertiary/aromatic N) is 2. The zero-order chi connectivity index (χ0) is 24.1. The average Bonchev–Trinajstić information content (AvgIpc) is 2.89. The van der Waals surface area contributed by atoms with Crippen molar-refractivity contribution in [2.45, 2.75) is 43.5 Å². The van der Waals surface area contributed by atoms with Crippen LogP contribution in [0.5, 0.6) is 0 Å². The van der Waals surface area contributed by atoms with Gasteiger partial charge in [0.2, 0.25) is 15.9 Å². The van der Waals surface area contributed by atoms with E-state index in [0.717, 1.165) is 5.56 Å². The van der Waals surface area contributed by atoms with E-state index in [0.29, 0.717) is 45.4 Å². The Morgan fingerprint density at radius 2 is 1.50 bits per heavy atom. The molecule has 0 saturated carbocycles. The predicted molar refractivity (Wildman–Crippen MR) is 128 cm³/mol. The summed E-state index contributed by atoms with van der Waals surface area (Å²) in [5.74, 6) is -0.800. The van der Waals surface area contributed by atoms with Crippen LogP contribution in [0.15, 0.2) is 65.6 Å². The SMILES string of the molecule is CCOC(=O)C1CCN(C(=O)C2CCC(c3ccccc3)N(S(=O)(=O)c3ccccc3)C2)CC1. The Morgan fingerprint density at radius 3 is 2.12 bits per heavy atom. The Bertz CT molecular complexity index is 1080. The molecule has 0 aliphatic carbocycles. The molecule has 0 N–H and O–H groups in total. The third-order valence-corrected chi connectivity index (χ3v) is 8.74. The maximum absolute atomic E-state index is 13.6. The minimum Gasteiger partial charge on any atom is -0.466 e. The Kier molecular flexibility index (Phi) is 7.68. The van der Waals surface area contributed by atoms with Gasteiger partial charge in [0.15, 0.2) is 0 Å². The van der Waals surface area contributed by atoms with Gasteiger partial charge in [-0.25, -0.2) is 8.42 Å². The molecule has 4 rings (SSSR count). The minimum atomic E-state index is -3.78. The number of hydrogen-bond donors (Lipinski definition) is 0. The molecule has 0 radical (unpaired) electrons. The van der Waals surface area contributed by atoms with E-state index in [1.807, 2.05) is 30.3 Å². The molecule has 2 aromatic rings. The van der Waals surface area contributed by atoms with Crippen molar-refractivity contribution in [3.05, 3.63) is 66.2 Å². The summed E-state index contributed by atoms with van der Waals surface area (Å²) in [5.41, 5.74) is 0.933. The van der Waals surface area contributed by atoms with E-state index >= 15 is 0 Å². The first-order valence-electron chi connectivity index (χ1n) is 12.0. The number of benzene rings is 2. The summed E-state index contributed by atoms with van der Waals surface area (Å²) in [6.07, 6.45) is 2.36. The summed E-state index contributed by atoms with van der Waals surface area (Å²) in [4.78, 5) is 27.5. The lowest BCUT2D eigenvalue weighted by Gasteiger charge is -2.41. The van der Waals surface area contributed by atoms with Gasteiger partial charge in [0.1, 0.15) is 0 Å². The van der Waals surface area contributed by atoms with Gasteiger partial charge in [0, 0.05) is 19.6 Å². The lowest BCUT2D eigenvalue weighted by atomic mass is 9.89. The highest BCUT2D eigenvalue weighted by Crippen LogP contribution is 2.38. The van der Waals surface area contributed by atoms with Gasteiger partial charge < -0.3 is 9.64 Å². The maximum Gasteiger partial charge on any atom is 0.309 e. The highest BCUT2D eigenvalue weighted by molar-refractivity contribution is 7.89. The van der Waals surface area contributed by atoms with Crippen molar-refractivity contribution in [1.29, 1.82) is 0 Å². The third kappa shape index (κ3) is 5.18. The fourth-order valence-electron chi connectivity index (χ4n) is 5.00. The van der Waals surface area contributed by atoms with Crippen LogP contribution in [0, 0.1) is 11.8 Å². The summed E-state index contributed by atoms with van der Waals surface area (Å²) in [5, 5.41) is 0. The van der Waals surface area contributed by atoms with Crippen molar-refractivity contribution in [2.24, 2.45) is 11.8 Å². The molecule has 2 saturated heterocycles. The molecular weight excluding hydrogens is 452 g/mol. The Balaban J connectivity index is 1.52. The van der Waals surface area contributed by atoms with Gasteiger partial charge in [-0.3, -0.25) is 9.59 Å². The number of amides is 1. The van der Waals surface area contributed by atoms with Crippen LogP contribution in [0.25, 0.3) is 0 Å². The molecule has 182 valence electrons. The highest BCUT2D eigenvalue weighted by Gasteiger charge is 2.41.